The molecule has 104 valence electrons. The molecule has 19 heavy (non-hydrogen) atoms. The van der Waals surface area contributed by atoms with Gasteiger partial charge >= 0.3 is 0 Å². The number of unbranched alkanes of at least 4 members (excludes halogenated alkanes) is 1. The minimum Gasteiger partial charge on any atom is -0.494 e. The highest BCUT2D eigenvalue weighted by Crippen LogP contribution is 2.19. The molecule has 1 fully saturated rings. The van der Waals surface area contributed by atoms with Gasteiger partial charge in [0.25, 0.3) is 0 Å². The summed E-state index contributed by atoms with van der Waals surface area (Å²) < 4.78 is 5.60. The molecule has 1 atom stereocenters. The van der Waals surface area contributed by atoms with E-state index >= 15 is 0 Å². The summed E-state index contributed by atoms with van der Waals surface area (Å²) in [6.45, 7) is 4.74. The number of nitrogens with one attached hydrogen (secondary N) is 1. The lowest BCUT2D eigenvalue weighted by atomic mass is 9.91. The average Bonchev–Trinajstić information content (AvgIpc) is 2.48. The summed E-state index contributed by atoms with van der Waals surface area (Å²) in [6, 6.07) is 7.58. The third-order valence-corrected chi connectivity index (χ3v) is 3.57. The number of ether oxygens (including phenoxy) is 1. The molecule has 2 rings (SSSR count). The van der Waals surface area contributed by atoms with Gasteiger partial charge in [0, 0.05) is 18.0 Å². The first-order chi connectivity index (χ1) is 9.31. The fraction of sp³-hybridized carbons (Fsp3) is 0.562. The van der Waals surface area contributed by atoms with Crippen molar-refractivity contribution in [3.8, 4) is 5.75 Å². The van der Waals surface area contributed by atoms with Gasteiger partial charge in [-0.05, 0) is 50.1 Å². The molecule has 0 aliphatic carbocycles. The lowest BCUT2D eigenvalue weighted by Gasteiger charge is -2.21. The summed E-state index contributed by atoms with van der Waals surface area (Å²) in [5, 5.41) is 3.29. The summed E-state index contributed by atoms with van der Waals surface area (Å²) in [6.07, 6.45) is 4.29. The van der Waals surface area contributed by atoms with Crippen LogP contribution in [0.15, 0.2) is 24.3 Å². The number of carbonyl (C=O) groups excluding carboxylic acids is 1. The van der Waals surface area contributed by atoms with Crippen molar-refractivity contribution in [3.05, 3.63) is 29.8 Å². The van der Waals surface area contributed by atoms with E-state index in [0.29, 0.717) is 0 Å². The molecule has 0 aromatic heterocycles. The Balaban J connectivity index is 1.91. The summed E-state index contributed by atoms with van der Waals surface area (Å²) in [5.41, 5.74) is 0.802. The van der Waals surface area contributed by atoms with Crippen LogP contribution in [0.25, 0.3) is 0 Å². The first-order valence-corrected chi connectivity index (χ1v) is 7.29. The molecule has 3 nitrogen and oxygen atoms in total. The molecule has 1 unspecified atom stereocenters. The number of carbonyl (C=O) groups is 1. The minimum absolute atomic E-state index is 0.139. The van der Waals surface area contributed by atoms with E-state index < -0.39 is 0 Å². The number of benzene rings is 1. The molecule has 1 heterocycles. The molecule has 0 bridgehead atoms. The van der Waals surface area contributed by atoms with Crippen molar-refractivity contribution in [2.24, 2.45) is 5.92 Å². The van der Waals surface area contributed by atoms with Crippen LogP contribution in [-0.4, -0.2) is 25.5 Å². The Morgan fingerprint density at radius 3 is 2.79 bits per heavy atom. The quantitative estimate of drug-likeness (QED) is 0.632. The second kappa shape index (κ2) is 7.29. The third-order valence-electron chi connectivity index (χ3n) is 3.57. The van der Waals surface area contributed by atoms with E-state index in [4.69, 9.17) is 4.74 Å². The van der Waals surface area contributed by atoms with Crippen LogP contribution in [0.4, 0.5) is 0 Å². The molecule has 1 saturated heterocycles. The van der Waals surface area contributed by atoms with Crippen LogP contribution in [0.2, 0.25) is 0 Å². The lowest BCUT2D eigenvalue weighted by molar-refractivity contribution is 0.0899. The van der Waals surface area contributed by atoms with E-state index in [0.717, 1.165) is 56.7 Å². The summed E-state index contributed by atoms with van der Waals surface area (Å²) in [5.74, 6) is 1.25. The Morgan fingerprint density at radius 2 is 2.16 bits per heavy atom. The zero-order valence-electron chi connectivity index (χ0n) is 11.7. The normalized spacial score (nSPS) is 19.1. The molecule has 1 N–H and O–H groups in total. The number of hydrogen-bond donors (Lipinski definition) is 1. The molecular weight excluding hydrogens is 238 g/mol. The van der Waals surface area contributed by atoms with E-state index in [2.05, 4.69) is 12.2 Å². The molecular formula is C16H23NO2. The molecule has 0 amide bonds. The fourth-order valence-corrected chi connectivity index (χ4v) is 2.36. The van der Waals surface area contributed by atoms with Gasteiger partial charge in [0.1, 0.15) is 5.75 Å². The number of rotatable bonds is 6. The maximum absolute atomic E-state index is 12.3. The fourth-order valence-electron chi connectivity index (χ4n) is 2.36. The van der Waals surface area contributed by atoms with Gasteiger partial charge in [-0.3, -0.25) is 4.79 Å². The van der Waals surface area contributed by atoms with Gasteiger partial charge in [0.15, 0.2) is 5.78 Å². The topological polar surface area (TPSA) is 38.3 Å². The lowest BCUT2D eigenvalue weighted by Crippen LogP contribution is -2.34. The molecule has 1 aromatic rings. The molecule has 0 saturated carbocycles. The predicted octanol–water partition coefficient (Wildman–Crippen LogP) is 3.05. The van der Waals surface area contributed by atoms with Crippen molar-refractivity contribution >= 4 is 5.78 Å². The summed E-state index contributed by atoms with van der Waals surface area (Å²) >= 11 is 0. The maximum atomic E-state index is 12.3. The van der Waals surface area contributed by atoms with Gasteiger partial charge in [0.05, 0.1) is 6.61 Å². The van der Waals surface area contributed by atoms with Crippen LogP contribution < -0.4 is 10.1 Å². The Morgan fingerprint density at radius 1 is 1.37 bits per heavy atom. The maximum Gasteiger partial charge on any atom is 0.167 e. The number of ketones is 1. The highest BCUT2D eigenvalue weighted by molar-refractivity contribution is 5.98. The van der Waals surface area contributed by atoms with Gasteiger partial charge in [-0.25, -0.2) is 0 Å². The average molecular weight is 261 g/mol. The van der Waals surface area contributed by atoms with E-state index in [1.165, 1.54) is 0 Å². The van der Waals surface area contributed by atoms with E-state index in [1.54, 1.807) is 0 Å². The minimum atomic E-state index is 0.139. The molecule has 1 aliphatic heterocycles. The number of Topliss-reactive ketones (excluding diaryl/α,β-unsaturated/α-hetero) is 1. The van der Waals surface area contributed by atoms with Crippen LogP contribution in [0.1, 0.15) is 43.0 Å². The van der Waals surface area contributed by atoms with Crippen LogP contribution in [-0.2, 0) is 0 Å². The Hall–Kier alpha value is -1.35. The monoisotopic (exact) mass is 261 g/mol. The van der Waals surface area contributed by atoms with Crippen LogP contribution in [0, 0.1) is 5.92 Å². The molecule has 1 aliphatic rings. The standard InChI is InChI=1S/C16H23NO2/c1-2-3-11-19-15-8-6-13(7-9-15)16(18)14-5-4-10-17-12-14/h6-9,14,17H,2-5,10-12H2,1H3. The highest BCUT2D eigenvalue weighted by atomic mass is 16.5. The molecule has 1 aromatic carbocycles. The van der Waals surface area contributed by atoms with Gasteiger partial charge < -0.3 is 10.1 Å². The molecule has 3 heteroatoms. The Kier molecular flexibility index (Phi) is 5.40. The van der Waals surface area contributed by atoms with Crippen LogP contribution in [0.5, 0.6) is 5.75 Å². The largest absolute Gasteiger partial charge is 0.494 e. The van der Waals surface area contributed by atoms with Crippen molar-refractivity contribution in [3.63, 3.8) is 0 Å². The van der Waals surface area contributed by atoms with Crippen molar-refractivity contribution in [2.75, 3.05) is 19.7 Å². The van der Waals surface area contributed by atoms with Crippen molar-refractivity contribution in [2.45, 2.75) is 32.6 Å². The van der Waals surface area contributed by atoms with Crippen LogP contribution >= 0.6 is 0 Å². The first kappa shape index (κ1) is 14.1. The SMILES string of the molecule is CCCCOc1ccc(C(=O)C2CCCNC2)cc1. The smallest absolute Gasteiger partial charge is 0.167 e. The Bertz CT molecular complexity index is 394. The highest BCUT2D eigenvalue weighted by Gasteiger charge is 2.21. The van der Waals surface area contributed by atoms with E-state index in [9.17, 15) is 4.79 Å². The third kappa shape index (κ3) is 4.06. The van der Waals surface area contributed by atoms with Crippen molar-refractivity contribution < 1.29 is 9.53 Å². The van der Waals surface area contributed by atoms with E-state index in [1.807, 2.05) is 24.3 Å². The zero-order valence-corrected chi connectivity index (χ0v) is 11.7. The number of piperidine rings is 1. The second-order valence-electron chi connectivity index (χ2n) is 5.13. The first-order valence-electron chi connectivity index (χ1n) is 7.29. The summed E-state index contributed by atoms with van der Waals surface area (Å²) in [4.78, 5) is 12.3. The van der Waals surface area contributed by atoms with Gasteiger partial charge in [-0.15, -0.1) is 0 Å². The van der Waals surface area contributed by atoms with Crippen molar-refractivity contribution in [1.29, 1.82) is 0 Å². The second-order valence-corrected chi connectivity index (χ2v) is 5.13. The van der Waals surface area contributed by atoms with Crippen molar-refractivity contribution in [1.82, 2.24) is 5.32 Å². The Labute approximate surface area is 115 Å². The van der Waals surface area contributed by atoms with E-state index in [-0.39, 0.29) is 11.7 Å². The van der Waals surface area contributed by atoms with Crippen LogP contribution in [0.3, 0.4) is 0 Å². The molecule has 0 spiro atoms. The molecule has 0 radical (unpaired) electrons. The zero-order chi connectivity index (χ0) is 13.5. The summed E-state index contributed by atoms with van der Waals surface area (Å²) in [7, 11) is 0. The number of hydrogen-bond acceptors (Lipinski definition) is 3. The predicted molar refractivity (Wildman–Crippen MR) is 76.8 cm³/mol. The van der Waals surface area contributed by atoms with Gasteiger partial charge in [-0.2, -0.15) is 0 Å². The van der Waals surface area contributed by atoms with Gasteiger partial charge in [0.2, 0.25) is 0 Å². The van der Waals surface area contributed by atoms with Gasteiger partial charge in [-0.1, -0.05) is 13.3 Å².